The Morgan fingerprint density at radius 3 is 2.59 bits per heavy atom. The molecule has 0 radical (unpaired) electrons. The summed E-state index contributed by atoms with van der Waals surface area (Å²) < 4.78 is 5.24. The maximum atomic E-state index is 9.43. The lowest BCUT2D eigenvalue weighted by Gasteiger charge is -1.97. The molecule has 0 aliphatic rings. The second-order valence-electron chi connectivity index (χ2n) is 3.76. The van der Waals surface area contributed by atoms with Crippen LogP contribution in [0.1, 0.15) is 0 Å². The molecular formula is C13H9NO3. The van der Waals surface area contributed by atoms with Crippen molar-refractivity contribution in [3.63, 3.8) is 0 Å². The molecule has 84 valence electrons. The van der Waals surface area contributed by atoms with Gasteiger partial charge in [-0.15, -0.1) is 0 Å². The summed E-state index contributed by atoms with van der Waals surface area (Å²) in [4.78, 5) is 0. The van der Waals surface area contributed by atoms with Crippen LogP contribution in [0.4, 0.5) is 0 Å². The van der Waals surface area contributed by atoms with Crippen LogP contribution in [0.2, 0.25) is 0 Å². The van der Waals surface area contributed by atoms with Gasteiger partial charge in [-0.2, -0.15) is 0 Å². The Morgan fingerprint density at radius 2 is 1.76 bits per heavy atom. The van der Waals surface area contributed by atoms with Crippen molar-refractivity contribution in [1.82, 2.24) is 5.16 Å². The van der Waals surface area contributed by atoms with Gasteiger partial charge in [-0.05, 0) is 24.3 Å². The van der Waals surface area contributed by atoms with E-state index in [1.807, 2.05) is 6.07 Å². The number of fused-ring (bicyclic) bond motifs is 1. The minimum absolute atomic E-state index is 0.147. The Bertz CT molecular complexity index is 688. The highest BCUT2D eigenvalue weighted by molar-refractivity contribution is 5.92. The molecule has 3 rings (SSSR count). The number of phenolic OH excluding ortho intramolecular Hbond substituents is 2. The van der Waals surface area contributed by atoms with E-state index in [1.165, 1.54) is 6.07 Å². The van der Waals surface area contributed by atoms with Crippen molar-refractivity contribution >= 4 is 10.9 Å². The monoisotopic (exact) mass is 227 g/mol. The summed E-state index contributed by atoms with van der Waals surface area (Å²) in [5, 5.41) is 23.4. The molecule has 0 saturated heterocycles. The number of hydrogen-bond acceptors (Lipinski definition) is 4. The Labute approximate surface area is 96.7 Å². The summed E-state index contributed by atoms with van der Waals surface area (Å²) in [5.74, 6) is 0.898. The van der Waals surface area contributed by atoms with Crippen LogP contribution >= 0.6 is 0 Å². The largest absolute Gasteiger partial charge is 0.508 e. The summed E-state index contributed by atoms with van der Waals surface area (Å²) in [6.45, 7) is 0. The lowest BCUT2D eigenvalue weighted by molar-refractivity contribution is 0.439. The second kappa shape index (κ2) is 3.52. The Balaban J connectivity index is 2.24. The van der Waals surface area contributed by atoms with Crippen molar-refractivity contribution < 1.29 is 14.7 Å². The molecule has 1 heterocycles. The van der Waals surface area contributed by atoms with Crippen molar-refractivity contribution in [2.75, 3.05) is 0 Å². The van der Waals surface area contributed by atoms with Crippen molar-refractivity contribution in [3.05, 3.63) is 42.5 Å². The van der Waals surface area contributed by atoms with E-state index in [0.717, 1.165) is 10.9 Å². The fraction of sp³-hybridized carbons (Fsp3) is 0. The molecule has 1 aromatic heterocycles. The van der Waals surface area contributed by atoms with Gasteiger partial charge in [0.05, 0.1) is 0 Å². The van der Waals surface area contributed by atoms with E-state index >= 15 is 0 Å². The van der Waals surface area contributed by atoms with E-state index in [0.29, 0.717) is 11.3 Å². The summed E-state index contributed by atoms with van der Waals surface area (Å²) in [7, 11) is 0. The standard InChI is InChI=1S/C13H9NO3/c15-9-3-1-2-8(6-9)13-11-5-4-10(16)7-12(11)14-17-13/h1-7,15-16H. The first kappa shape index (κ1) is 9.72. The zero-order valence-corrected chi connectivity index (χ0v) is 8.79. The molecule has 17 heavy (non-hydrogen) atoms. The molecule has 0 bridgehead atoms. The summed E-state index contributed by atoms with van der Waals surface area (Å²) in [6, 6.07) is 11.6. The molecule has 0 unspecified atom stereocenters. The molecule has 2 N–H and O–H groups in total. The lowest BCUT2D eigenvalue weighted by atomic mass is 10.1. The number of phenols is 2. The third-order valence-corrected chi connectivity index (χ3v) is 2.57. The van der Waals surface area contributed by atoms with Gasteiger partial charge in [0.1, 0.15) is 17.0 Å². The summed E-state index contributed by atoms with van der Waals surface area (Å²) in [5.41, 5.74) is 1.33. The Morgan fingerprint density at radius 1 is 0.941 bits per heavy atom. The summed E-state index contributed by atoms with van der Waals surface area (Å²) >= 11 is 0. The molecule has 0 spiro atoms. The average Bonchev–Trinajstić information content (AvgIpc) is 2.71. The fourth-order valence-electron chi connectivity index (χ4n) is 1.79. The molecule has 4 nitrogen and oxygen atoms in total. The average molecular weight is 227 g/mol. The first-order valence-corrected chi connectivity index (χ1v) is 5.12. The van der Waals surface area contributed by atoms with Crippen LogP contribution in [0.25, 0.3) is 22.2 Å². The number of aromatic hydroxyl groups is 2. The van der Waals surface area contributed by atoms with E-state index in [-0.39, 0.29) is 11.5 Å². The third kappa shape index (κ3) is 1.59. The van der Waals surface area contributed by atoms with E-state index in [4.69, 9.17) is 4.52 Å². The van der Waals surface area contributed by atoms with Crippen molar-refractivity contribution in [2.45, 2.75) is 0 Å². The van der Waals surface area contributed by atoms with Crippen LogP contribution in [0.15, 0.2) is 47.0 Å². The molecule has 4 heteroatoms. The predicted octanol–water partition coefficient (Wildman–Crippen LogP) is 2.91. The highest BCUT2D eigenvalue weighted by Gasteiger charge is 2.11. The number of nitrogens with zero attached hydrogens (tertiary/aromatic N) is 1. The maximum Gasteiger partial charge on any atom is 0.174 e. The normalized spacial score (nSPS) is 10.8. The van der Waals surface area contributed by atoms with Crippen LogP contribution in [-0.2, 0) is 0 Å². The van der Waals surface area contributed by atoms with Crippen LogP contribution in [0.3, 0.4) is 0 Å². The number of rotatable bonds is 1. The van der Waals surface area contributed by atoms with E-state index in [1.54, 1.807) is 30.3 Å². The quantitative estimate of drug-likeness (QED) is 0.670. The minimum atomic E-state index is 0.147. The Hall–Kier alpha value is -2.49. The second-order valence-corrected chi connectivity index (χ2v) is 3.76. The van der Waals surface area contributed by atoms with Gasteiger partial charge in [-0.3, -0.25) is 0 Å². The third-order valence-electron chi connectivity index (χ3n) is 2.57. The molecule has 0 saturated carbocycles. The molecular weight excluding hydrogens is 218 g/mol. The highest BCUT2D eigenvalue weighted by atomic mass is 16.5. The SMILES string of the molecule is Oc1cccc(-c2onc3cc(O)ccc23)c1. The van der Waals surface area contributed by atoms with Gasteiger partial charge in [0.25, 0.3) is 0 Å². The van der Waals surface area contributed by atoms with Gasteiger partial charge >= 0.3 is 0 Å². The van der Waals surface area contributed by atoms with Gasteiger partial charge in [-0.25, -0.2) is 0 Å². The van der Waals surface area contributed by atoms with Crippen molar-refractivity contribution in [2.24, 2.45) is 0 Å². The van der Waals surface area contributed by atoms with Gasteiger partial charge in [0, 0.05) is 17.0 Å². The van der Waals surface area contributed by atoms with E-state index in [2.05, 4.69) is 5.16 Å². The van der Waals surface area contributed by atoms with E-state index < -0.39 is 0 Å². The van der Waals surface area contributed by atoms with Crippen LogP contribution in [0.5, 0.6) is 11.5 Å². The van der Waals surface area contributed by atoms with Crippen LogP contribution < -0.4 is 0 Å². The van der Waals surface area contributed by atoms with Gasteiger partial charge in [0.2, 0.25) is 0 Å². The molecule has 0 aliphatic carbocycles. The molecule has 0 fully saturated rings. The first-order chi connectivity index (χ1) is 8.24. The molecule has 0 aliphatic heterocycles. The zero-order valence-electron chi connectivity index (χ0n) is 8.79. The Kier molecular flexibility index (Phi) is 2.01. The van der Waals surface area contributed by atoms with Crippen molar-refractivity contribution in [1.29, 1.82) is 0 Å². The van der Waals surface area contributed by atoms with Gasteiger partial charge < -0.3 is 14.7 Å². The smallest absolute Gasteiger partial charge is 0.174 e. The van der Waals surface area contributed by atoms with Crippen molar-refractivity contribution in [3.8, 4) is 22.8 Å². The molecule has 0 atom stereocenters. The minimum Gasteiger partial charge on any atom is -0.508 e. The van der Waals surface area contributed by atoms with Crippen LogP contribution in [-0.4, -0.2) is 15.4 Å². The molecule has 2 aromatic carbocycles. The highest BCUT2D eigenvalue weighted by Crippen LogP contribution is 2.31. The molecule has 3 aromatic rings. The maximum absolute atomic E-state index is 9.43. The first-order valence-electron chi connectivity index (χ1n) is 5.12. The zero-order chi connectivity index (χ0) is 11.8. The number of aromatic nitrogens is 1. The van der Waals surface area contributed by atoms with Gasteiger partial charge in [0.15, 0.2) is 5.76 Å². The fourth-order valence-corrected chi connectivity index (χ4v) is 1.79. The number of benzene rings is 2. The predicted molar refractivity (Wildman–Crippen MR) is 62.8 cm³/mol. The van der Waals surface area contributed by atoms with Crippen LogP contribution in [0, 0.1) is 0 Å². The number of hydrogen-bond donors (Lipinski definition) is 2. The van der Waals surface area contributed by atoms with Gasteiger partial charge in [-0.1, -0.05) is 17.3 Å². The lowest BCUT2D eigenvalue weighted by Crippen LogP contribution is -1.75. The summed E-state index contributed by atoms with van der Waals surface area (Å²) in [6.07, 6.45) is 0. The van der Waals surface area contributed by atoms with E-state index in [9.17, 15) is 10.2 Å². The molecule has 0 amide bonds. The topological polar surface area (TPSA) is 66.5 Å².